The summed E-state index contributed by atoms with van der Waals surface area (Å²) in [6.45, 7) is 7.49. The Balaban J connectivity index is 2.15. The van der Waals surface area contributed by atoms with Gasteiger partial charge in [-0.15, -0.1) is 4.52 Å². The van der Waals surface area contributed by atoms with E-state index in [1.807, 2.05) is 27.7 Å². The average molecular weight is 442 g/mol. The summed E-state index contributed by atoms with van der Waals surface area (Å²) in [6, 6.07) is 0. The number of aliphatic hydroxyl groups excluding tert-OH is 2. The summed E-state index contributed by atoms with van der Waals surface area (Å²) in [5.41, 5.74) is 0.366. The first-order valence-corrected chi connectivity index (χ1v) is 11.5. The van der Waals surface area contributed by atoms with Crippen LogP contribution in [-0.4, -0.2) is 67.4 Å². The van der Waals surface area contributed by atoms with Gasteiger partial charge in [0.05, 0.1) is 19.5 Å². The molecule has 10 nitrogen and oxygen atoms in total. The quantitative estimate of drug-likeness (QED) is 0.401. The lowest BCUT2D eigenvalue weighted by Gasteiger charge is -2.27. The van der Waals surface area contributed by atoms with E-state index in [0.717, 1.165) is 6.42 Å². The van der Waals surface area contributed by atoms with Gasteiger partial charge in [0.2, 0.25) is 0 Å². The van der Waals surface area contributed by atoms with Gasteiger partial charge in [0.1, 0.15) is 23.5 Å². The molecule has 0 aliphatic heterocycles. The summed E-state index contributed by atoms with van der Waals surface area (Å²) >= 11 is 0. The van der Waals surface area contributed by atoms with Crippen molar-refractivity contribution in [1.82, 2.24) is 19.5 Å². The number of aromatic nitrogens is 4. The fraction of sp³-hybridized carbons (Fsp3) is 0.737. The molecular formula is C19H33N5O5P+. The molecule has 11 heteroatoms. The molecule has 0 radical (unpaired) electrons. The fourth-order valence-corrected chi connectivity index (χ4v) is 3.96. The first-order chi connectivity index (χ1) is 14.3. The third-order valence-corrected chi connectivity index (χ3v) is 7.02. The summed E-state index contributed by atoms with van der Waals surface area (Å²) in [5, 5.41) is 22.8. The molecule has 0 saturated heterocycles. The SMILES string of the molecule is CCC(C)[P+](=O)OC(C)(CC)CCOC([C@H](O)CO)n1cnc2c(NC)ncnc21. The molecule has 0 spiro atoms. The van der Waals surface area contributed by atoms with Crippen LogP contribution in [0.25, 0.3) is 11.2 Å². The zero-order valence-electron chi connectivity index (χ0n) is 18.3. The van der Waals surface area contributed by atoms with Crippen molar-refractivity contribution in [2.24, 2.45) is 0 Å². The number of hydrogen-bond acceptors (Lipinski definition) is 9. The van der Waals surface area contributed by atoms with Crippen LogP contribution in [0.4, 0.5) is 5.82 Å². The third kappa shape index (κ3) is 5.70. The van der Waals surface area contributed by atoms with Crippen molar-refractivity contribution in [2.45, 2.75) is 70.5 Å². The average Bonchev–Trinajstić information content (AvgIpc) is 3.19. The van der Waals surface area contributed by atoms with Crippen LogP contribution in [-0.2, 0) is 13.8 Å². The fourth-order valence-electron chi connectivity index (χ4n) is 2.83. The summed E-state index contributed by atoms with van der Waals surface area (Å²) in [5.74, 6) is 0.553. The molecular weight excluding hydrogens is 409 g/mol. The normalized spacial score (nSPS) is 17.4. The Morgan fingerprint density at radius 3 is 2.67 bits per heavy atom. The highest BCUT2D eigenvalue weighted by Crippen LogP contribution is 2.39. The first-order valence-electron chi connectivity index (χ1n) is 10.2. The molecule has 0 aromatic carbocycles. The summed E-state index contributed by atoms with van der Waals surface area (Å²) in [6.07, 6.45) is 2.72. The summed E-state index contributed by atoms with van der Waals surface area (Å²) in [7, 11) is -0.0532. The van der Waals surface area contributed by atoms with Crippen LogP contribution in [0.15, 0.2) is 12.7 Å². The number of nitrogens with one attached hydrogen (secondary N) is 1. The number of fused-ring (bicyclic) bond motifs is 1. The highest BCUT2D eigenvalue weighted by molar-refractivity contribution is 7.40. The van der Waals surface area contributed by atoms with Crippen LogP contribution in [0, 0.1) is 0 Å². The number of rotatable bonds is 13. The molecule has 0 amide bonds. The van der Waals surface area contributed by atoms with E-state index in [9.17, 15) is 14.8 Å². The standard InChI is InChI=1S/C19H33N5O5P/c1-6-13(3)30(27)29-19(4,7-2)8-9-28-18(14(26)10-25)24-12-23-15-16(20-5)21-11-22-17(15)24/h11-14,18,25-26H,6-10H2,1-5H3,(H,20,21,22)/q+1/t13?,14-,18?,19?/m1/s1. The smallest absolute Gasteiger partial charge is 0.394 e. The molecule has 0 fully saturated rings. The van der Waals surface area contributed by atoms with Crippen molar-refractivity contribution in [2.75, 3.05) is 25.6 Å². The molecule has 5 atom stereocenters. The van der Waals surface area contributed by atoms with Gasteiger partial charge < -0.3 is 20.3 Å². The van der Waals surface area contributed by atoms with Crippen LogP contribution in [0.1, 0.15) is 53.2 Å². The van der Waals surface area contributed by atoms with Gasteiger partial charge in [0, 0.05) is 13.5 Å². The Hall–Kier alpha value is -1.71. The Kier molecular flexibility index (Phi) is 9.06. The minimum Gasteiger partial charge on any atom is -0.394 e. The molecule has 2 heterocycles. The molecule has 30 heavy (non-hydrogen) atoms. The maximum absolute atomic E-state index is 12.4. The van der Waals surface area contributed by atoms with E-state index in [1.54, 1.807) is 11.6 Å². The second-order valence-corrected chi connectivity index (χ2v) is 9.13. The molecule has 0 bridgehead atoms. The van der Waals surface area contributed by atoms with E-state index in [-0.39, 0.29) is 12.3 Å². The Morgan fingerprint density at radius 1 is 1.33 bits per heavy atom. The van der Waals surface area contributed by atoms with E-state index < -0.39 is 32.6 Å². The number of ether oxygens (including phenoxy) is 1. The lowest BCUT2D eigenvalue weighted by molar-refractivity contribution is -0.105. The third-order valence-electron chi connectivity index (χ3n) is 5.31. The molecule has 0 aliphatic carbocycles. The second-order valence-electron chi connectivity index (χ2n) is 7.49. The van der Waals surface area contributed by atoms with E-state index in [1.165, 1.54) is 12.7 Å². The van der Waals surface area contributed by atoms with Crippen LogP contribution in [0.3, 0.4) is 0 Å². The molecule has 3 N–H and O–H groups in total. The van der Waals surface area contributed by atoms with Crippen molar-refractivity contribution in [3.8, 4) is 0 Å². The number of hydrogen-bond donors (Lipinski definition) is 3. The highest BCUT2D eigenvalue weighted by atomic mass is 31.1. The lowest BCUT2D eigenvalue weighted by atomic mass is 10.0. The van der Waals surface area contributed by atoms with Crippen molar-refractivity contribution in [3.63, 3.8) is 0 Å². The van der Waals surface area contributed by atoms with Crippen molar-refractivity contribution in [1.29, 1.82) is 0 Å². The molecule has 2 rings (SSSR count). The second kappa shape index (κ2) is 11.1. The zero-order valence-corrected chi connectivity index (χ0v) is 19.2. The maximum atomic E-state index is 12.4. The van der Waals surface area contributed by atoms with Gasteiger partial charge >= 0.3 is 8.03 Å². The highest BCUT2D eigenvalue weighted by Gasteiger charge is 2.38. The van der Waals surface area contributed by atoms with Gasteiger partial charge in [-0.3, -0.25) is 4.57 Å². The van der Waals surface area contributed by atoms with Gasteiger partial charge in [-0.1, -0.05) is 13.8 Å². The molecule has 0 aliphatic rings. The van der Waals surface area contributed by atoms with Crippen LogP contribution in [0.5, 0.6) is 0 Å². The van der Waals surface area contributed by atoms with E-state index in [4.69, 9.17) is 9.26 Å². The van der Waals surface area contributed by atoms with Crippen LogP contribution < -0.4 is 5.32 Å². The number of aliphatic hydroxyl groups is 2. The maximum Gasteiger partial charge on any atom is 0.511 e. The monoisotopic (exact) mass is 442 g/mol. The van der Waals surface area contributed by atoms with E-state index in [0.29, 0.717) is 29.8 Å². The Morgan fingerprint density at radius 2 is 2.07 bits per heavy atom. The van der Waals surface area contributed by atoms with Crippen LogP contribution >= 0.6 is 8.03 Å². The summed E-state index contributed by atoms with van der Waals surface area (Å²) in [4.78, 5) is 12.7. The zero-order chi connectivity index (χ0) is 22.3. The van der Waals surface area contributed by atoms with Crippen molar-refractivity contribution < 1.29 is 24.0 Å². The molecule has 2 aromatic rings. The van der Waals surface area contributed by atoms with Gasteiger partial charge in [-0.2, -0.15) is 0 Å². The predicted molar refractivity (Wildman–Crippen MR) is 115 cm³/mol. The van der Waals surface area contributed by atoms with Crippen LogP contribution in [0.2, 0.25) is 0 Å². The minimum atomic E-state index is -1.78. The molecule has 168 valence electrons. The Bertz CT molecular complexity index is 835. The molecule has 0 saturated carbocycles. The largest absolute Gasteiger partial charge is 0.511 e. The van der Waals surface area contributed by atoms with E-state index in [2.05, 4.69) is 20.3 Å². The molecule has 4 unspecified atom stereocenters. The van der Waals surface area contributed by atoms with Gasteiger partial charge in [0.15, 0.2) is 23.4 Å². The minimum absolute atomic E-state index is 0.0193. The van der Waals surface area contributed by atoms with Crippen molar-refractivity contribution >= 4 is 25.0 Å². The first kappa shape index (κ1) is 24.6. The van der Waals surface area contributed by atoms with Gasteiger partial charge in [-0.05, 0) is 31.3 Å². The van der Waals surface area contributed by atoms with Gasteiger partial charge in [0.25, 0.3) is 0 Å². The number of imidazole rings is 1. The topological polar surface area (TPSA) is 132 Å². The summed E-state index contributed by atoms with van der Waals surface area (Å²) < 4.78 is 25.8. The lowest BCUT2D eigenvalue weighted by Crippen LogP contribution is -2.33. The van der Waals surface area contributed by atoms with E-state index >= 15 is 0 Å². The Labute approximate surface area is 177 Å². The molecule has 2 aromatic heterocycles. The van der Waals surface area contributed by atoms with Gasteiger partial charge in [-0.25, -0.2) is 15.0 Å². The van der Waals surface area contributed by atoms with Crippen molar-refractivity contribution in [3.05, 3.63) is 12.7 Å². The number of nitrogens with zero attached hydrogens (tertiary/aromatic N) is 4. The number of anilines is 1. The predicted octanol–water partition coefficient (Wildman–Crippen LogP) is 2.85.